The first-order valence-electron chi connectivity index (χ1n) is 4.59. The number of ether oxygens (including phenoxy) is 1. The molecule has 2 unspecified atom stereocenters. The number of carbonyl (C=O) groups excluding carboxylic acids is 1. The summed E-state index contributed by atoms with van der Waals surface area (Å²) in [4.78, 5) is 11.4. The molecular formula is C9H17N3O2. The number of hydrogen-bond donors (Lipinski definition) is 2. The SMILES string of the molecule is CCC(CC#N)NC(=O)C(CN)OC. The molecule has 0 aromatic rings. The zero-order chi connectivity index (χ0) is 11.0. The van der Waals surface area contributed by atoms with E-state index in [2.05, 4.69) is 5.32 Å². The minimum Gasteiger partial charge on any atom is -0.370 e. The molecule has 0 aliphatic rings. The van der Waals surface area contributed by atoms with Crippen LogP contribution in [0.25, 0.3) is 0 Å². The van der Waals surface area contributed by atoms with Gasteiger partial charge >= 0.3 is 0 Å². The van der Waals surface area contributed by atoms with E-state index in [9.17, 15) is 4.79 Å². The fourth-order valence-corrected chi connectivity index (χ4v) is 1.01. The van der Waals surface area contributed by atoms with Gasteiger partial charge in [-0.1, -0.05) is 6.92 Å². The molecule has 14 heavy (non-hydrogen) atoms. The molecule has 0 heterocycles. The van der Waals surface area contributed by atoms with Gasteiger partial charge in [-0.05, 0) is 6.42 Å². The molecule has 0 aromatic heterocycles. The van der Waals surface area contributed by atoms with Crippen molar-refractivity contribution in [2.24, 2.45) is 5.73 Å². The van der Waals surface area contributed by atoms with Gasteiger partial charge in [-0.15, -0.1) is 0 Å². The maximum atomic E-state index is 11.4. The quantitative estimate of drug-likeness (QED) is 0.618. The molecule has 0 aliphatic carbocycles. The zero-order valence-corrected chi connectivity index (χ0v) is 8.62. The molecule has 80 valence electrons. The maximum Gasteiger partial charge on any atom is 0.250 e. The first-order chi connectivity index (χ1) is 6.69. The number of nitrogens with two attached hydrogens (primary N) is 1. The predicted octanol–water partition coefficient (Wildman–Crippen LogP) is -0.231. The van der Waals surface area contributed by atoms with Crippen LogP contribution in [0.2, 0.25) is 0 Å². The third-order valence-electron chi connectivity index (χ3n) is 1.97. The molecule has 5 heteroatoms. The van der Waals surface area contributed by atoms with E-state index in [1.165, 1.54) is 7.11 Å². The van der Waals surface area contributed by atoms with E-state index in [-0.39, 0.29) is 18.5 Å². The third kappa shape index (κ3) is 4.21. The van der Waals surface area contributed by atoms with Crippen molar-refractivity contribution in [2.75, 3.05) is 13.7 Å². The Labute approximate surface area is 84.2 Å². The molecule has 0 spiro atoms. The van der Waals surface area contributed by atoms with Crippen molar-refractivity contribution in [3.8, 4) is 6.07 Å². The summed E-state index contributed by atoms with van der Waals surface area (Å²) >= 11 is 0. The lowest BCUT2D eigenvalue weighted by Crippen LogP contribution is -2.44. The summed E-state index contributed by atoms with van der Waals surface area (Å²) < 4.78 is 4.86. The van der Waals surface area contributed by atoms with E-state index in [4.69, 9.17) is 15.7 Å². The maximum absolute atomic E-state index is 11.4. The number of nitriles is 1. The van der Waals surface area contributed by atoms with E-state index in [1.54, 1.807) is 0 Å². The van der Waals surface area contributed by atoms with Crippen LogP contribution in [-0.4, -0.2) is 31.7 Å². The number of carbonyl (C=O) groups is 1. The largest absolute Gasteiger partial charge is 0.370 e. The summed E-state index contributed by atoms with van der Waals surface area (Å²) in [5.74, 6) is -0.253. The fraction of sp³-hybridized carbons (Fsp3) is 0.778. The molecule has 2 atom stereocenters. The van der Waals surface area contributed by atoms with Crippen molar-refractivity contribution >= 4 is 5.91 Å². The Hall–Kier alpha value is -1.12. The topological polar surface area (TPSA) is 88.1 Å². The second-order valence-corrected chi connectivity index (χ2v) is 2.94. The number of rotatable bonds is 6. The summed E-state index contributed by atoms with van der Waals surface area (Å²) in [7, 11) is 1.43. The second-order valence-electron chi connectivity index (χ2n) is 2.94. The molecule has 0 saturated heterocycles. The standard InChI is InChI=1S/C9H17N3O2/c1-3-7(4-5-10)12-9(13)8(6-11)14-2/h7-8H,3-4,6,11H2,1-2H3,(H,12,13). The number of hydrogen-bond acceptors (Lipinski definition) is 4. The summed E-state index contributed by atoms with van der Waals surface area (Å²) in [5.41, 5.74) is 5.32. The van der Waals surface area contributed by atoms with Gasteiger partial charge in [0.2, 0.25) is 0 Å². The summed E-state index contributed by atoms with van der Waals surface area (Å²) in [6, 6.07) is 1.90. The zero-order valence-electron chi connectivity index (χ0n) is 8.62. The van der Waals surface area contributed by atoms with Crippen LogP contribution in [0.5, 0.6) is 0 Å². The van der Waals surface area contributed by atoms with Crippen molar-refractivity contribution in [3.05, 3.63) is 0 Å². The van der Waals surface area contributed by atoms with Gasteiger partial charge in [0.1, 0.15) is 6.10 Å². The fourth-order valence-electron chi connectivity index (χ4n) is 1.01. The van der Waals surface area contributed by atoms with Gasteiger partial charge in [0.25, 0.3) is 5.91 Å². The van der Waals surface area contributed by atoms with Crippen molar-refractivity contribution < 1.29 is 9.53 Å². The highest BCUT2D eigenvalue weighted by Crippen LogP contribution is 1.97. The van der Waals surface area contributed by atoms with Crippen LogP contribution in [-0.2, 0) is 9.53 Å². The lowest BCUT2D eigenvalue weighted by Gasteiger charge is -2.18. The van der Waals surface area contributed by atoms with E-state index >= 15 is 0 Å². The van der Waals surface area contributed by atoms with E-state index in [0.29, 0.717) is 6.42 Å². The van der Waals surface area contributed by atoms with Crippen LogP contribution in [0.15, 0.2) is 0 Å². The Morgan fingerprint density at radius 1 is 1.71 bits per heavy atom. The van der Waals surface area contributed by atoms with E-state index in [0.717, 1.165) is 6.42 Å². The van der Waals surface area contributed by atoms with Crippen LogP contribution in [0.3, 0.4) is 0 Å². The lowest BCUT2D eigenvalue weighted by atomic mass is 10.1. The van der Waals surface area contributed by atoms with Gasteiger partial charge in [0.05, 0.1) is 12.5 Å². The van der Waals surface area contributed by atoms with E-state index in [1.807, 2.05) is 13.0 Å². The summed E-state index contributed by atoms with van der Waals surface area (Å²) in [6.45, 7) is 2.05. The molecule has 0 aliphatic heterocycles. The predicted molar refractivity (Wildman–Crippen MR) is 52.3 cm³/mol. The third-order valence-corrected chi connectivity index (χ3v) is 1.97. The molecule has 0 bridgehead atoms. The summed E-state index contributed by atoms with van der Waals surface area (Å²) in [6.07, 6.45) is 0.409. The first-order valence-corrected chi connectivity index (χ1v) is 4.59. The Morgan fingerprint density at radius 3 is 2.71 bits per heavy atom. The molecule has 0 radical (unpaired) electrons. The molecule has 0 saturated carbocycles. The molecule has 3 N–H and O–H groups in total. The highest BCUT2D eigenvalue weighted by atomic mass is 16.5. The average molecular weight is 199 g/mol. The smallest absolute Gasteiger partial charge is 0.250 e. The van der Waals surface area contributed by atoms with E-state index < -0.39 is 6.10 Å². The van der Waals surface area contributed by atoms with Gasteiger partial charge in [0, 0.05) is 19.7 Å². The first kappa shape index (κ1) is 12.9. The molecule has 5 nitrogen and oxygen atoms in total. The van der Waals surface area contributed by atoms with Crippen molar-refractivity contribution in [3.63, 3.8) is 0 Å². The number of nitrogens with zero attached hydrogens (tertiary/aromatic N) is 1. The highest BCUT2D eigenvalue weighted by Gasteiger charge is 2.18. The Bertz CT molecular complexity index is 209. The van der Waals surface area contributed by atoms with Crippen LogP contribution in [0, 0.1) is 11.3 Å². The van der Waals surface area contributed by atoms with Gasteiger partial charge in [0.15, 0.2) is 0 Å². The van der Waals surface area contributed by atoms with Gasteiger partial charge in [-0.2, -0.15) is 5.26 Å². The highest BCUT2D eigenvalue weighted by molar-refractivity contribution is 5.81. The van der Waals surface area contributed by atoms with Crippen LogP contribution < -0.4 is 11.1 Å². The number of nitrogens with one attached hydrogen (secondary N) is 1. The summed E-state index contributed by atoms with van der Waals surface area (Å²) in [5, 5.41) is 11.2. The Balaban J connectivity index is 4.07. The Kier molecular flexibility index (Phi) is 6.72. The van der Waals surface area contributed by atoms with Crippen LogP contribution in [0.4, 0.5) is 0 Å². The minimum atomic E-state index is -0.622. The molecule has 0 rings (SSSR count). The normalized spacial score (nSPS) is 14.1. The number of methoxy groups -OCH3 is 1. The molecule has 0 aromatic carbocycles. The van der Waals surface area contributed by atoms with Crippen LogP contribution >= 0.6 is 0 Å². The van der Waals surface area contributed by atoms with Crippen molar-refractivity contribution in [2.45, 2.75) is 31.9 Å². The van der Waals surface area contributed by atoms with Gasteiger partial charge in [-0.25, -0.2) is 0 Å². The molecule has 1 amide bonds. The molecule has 0 fully saturated rings. The van der Waals surface area contributed by atoms with Gasteiger partial charge in [-0.3, -0.25) is 4.79 Å². The van der Waals surface area contributed by atoms with Crippen LogP contribution in [0.1, 0.15) is 19.8 Å². The second kappa shape index (κ2) is 7.30. The van der Waals surface area contributed by atoms with Crippen molar-refractivity contribution in [1.82, 2.24) is 5.32 Å². The van der Waals surface area contributed by atoms with Gasteiger partial charge < -0.3 is 15.8 Å². The number of amides is 1. The Morgan fingerprint density at radius 2 is 2.36 bits per heavy atom. The molecular weight excluding hydrogens is 182 g/mol. The average Bonchev–Trinajstić information content (AvgIpc) is 2.19. The monoisotopic (exact) mass is 199 g/mol. The lowest BCUT2D eigenvalue weighted by molar-refractivity contribution is -0.131. The van der Waals surface area contributed by atoms with Crippen molar-refractivity contribution in [1.29, 1.82) is 5.26 Å². The minimum absolute atomic E-state index is 0.114.